The number of phenolic OH excluding ortho intramolecular Hbond substituents is 1. The van der Waals surface area contributed by atoms with Gasteiger partial charge in [-0.05, 0) is 91.1 Å². The highest BCUT2D eigenvalue weighted by molar-refractivity contribution is 5.96. The van der Waals surface area contributed by atoms with E-state index in [2.05, 4.69) is 15.4 Å². The summed E-state index contributed by atoms with van der Waals surface area (Å²) < 4.78 is 0. The van der Waals surface area contributed by atoms with Gasteiger partial charge in [-0.25, -0.2) is 9.80 Å². The molecule has 0 radical (unpaired) electrons. The zero-order chi connectivity index (χ0) is 42.9. The first-order valence-electron chi connectivity index (χ1n) is 20.8. The number of phenols is 1. The Morgan fingerprint density at radius 1 is 0.836 bits per heavy atom. The van der Waals surface area contributed by atoms with Gasteiger partial charge in [0.2, 0.25) is 5.91 Å². The van der Waals surface area contributed by atoms with E-state index in [1.807, 2.05) is 110 Å². The number of carbonyl (C=O) groups excluding carboxylic acids is 3. The molecule has 5 N–H and O–H groups in total. The number of amides is 4. The van der Waals surface area contributed by atoms with Crippen molar-refractivity contribution < 1.29 is 24.6 Å². The van der Waals surface area contributed by atoms with Gasteiger partial charge in [-0.15, -0.1) is 0 Å². The van der Waals surface area contributed by atoms with Gasteiger partial charge < -0.3 is 25.7 Å². The first-order valence-corrected chi connectivity index (χ1v) is 20.8. The number of aliphatic hydroxyl groups is 1. The molecule has 6 aromatic rings. The number of carbonyl (C=O) groups is 3. The van der Waals surface area contributed by atoms with Crippen molar-refractivity contribution in [2.45, 2.75) is 58.3 Å². The fraction of sp³-hybridized carbons (Fsp3) is 0.286. The summed E-state index contributed by atoms with van der Waals surface area (Å²) in [5.74, 6) is -1.57. The van der Waals surface area contributed by atoms with Crippen molar-refractivity contribution in [1.29, 1.82) is 0 Å². The maximum absolute atomic E-state index is 13.9. The predicted molar refractivity (Wildman–Crippen MR) is 236 cm³/mol. The zero-order valence-corrected chi connectivity index (χ0v) is 34.6. The van der Waals surface area contributed by atoms with Crippen molar-refractivity contribution in [3.63, 3.8) is 0 Å². The number of primary amides is 1. The number of hydrazine groups is 1. The highest BCUT2D eigenvalue weighted by Crippen LogP contribution is 2.29. The fourth-order valence-corrected chi connectivity index (χ4v) is 8.36. The van der Waals surface area contributed by atoms with Crippen molar-refractivity contribution in [3.05, 3.63) is 162 Å². The van der Waals surface area contributed by atoms with Gasteiger partial charge in [-0.1, -0.05) is 91.9 Å². The third-order valence-electron chi connectivity index (χ3n) is 11.8. The molecule has 1 aliphatic heterocycles. The molecule has 12 nitrogen and oxygen atoms in total. The summed E-state index contributed by atoms with van der Waals surface area (Å²) in [6.07, 6.45) is 4.13. The van der Waals surface area contributed by atoms with Crippen LogP contribution in [0.15, 0.2) is 134 Å². The molecule has 1 fully saturated rings. The molecule has 4 aromatic carbocycles. The molecule has 314 valence electrons. The van der Waals surface area contributed by atoms with Gasteiger partial charge in [0, 0.05) is 67.2 Å². The second-order valence-electron chi connectivity index (χ2n) is 16.0. The lowest BCUT2D eigenvalue weighted by Gasteiger charge is -2.33. The van der Waals surface area contributed by atoms with Crippen LogP contribution in [0.25, 0.3) is 22.2 Å². The minimum Gasteiger partial charge on any atom is -0.508 e. The van der Waals surface area contributed by atoms with Gasteiger partial charge in [-0.3, -0.25) is 25.0 Å². The summed E-state index contributed by atoms with van der Waals surface area (Å²) in [5.41, 5.74) is 15.4. The van der Waals surface area contributed by atoms with Crippen molar-refractivity contribution >= 4 is 28.7 Å². The second-order valence-corrected chi connectivity index (χ2v) is 16.0. The number of nitrogens with zero attached hydrogens (tertiary/aromatic N) is 5. The lowest BCUT2D eigenvalue weighted by Crippen LogP contribution is -2.50. The average molecular weight is 820 g/mol. The Morgan fingerprint density at radius 3 is 2.34 bits per heavy atom. The number of rotatable bonds is 18. The van der Waals surface area contributed by atoms with E-state index < -0.39 is 24.0 Å². The largest absolute Gasteiger partial charge is 0.508 e. The van der Waals surface area contributed by atoms with E-state index in [-0.39, 0.29) is 36.7 Å². The number of aromatic nitrogens is 2. The zero-order valence-electron chi connectivity index (χ0n) is 34.6. The number of benzene rings is 4. The van der Waals surface area contributed by atoms with Crippen LogP contribution >= 0.6 is 0 Å². The molecule has 12 heteroatoms. The van der Waals surface area contributed by atoms with Crippen LogP contribution in [0.2, 0.25) is 0 Å². The number of pyridine rings is 2. The van der Waals surface area contributed by atoms with Gasteiger partial charge in [-0.2, -0.15) is 0 Å². The standard InChI is InChI=1S/C49H53N7O5/c1-33(46(47(50)59)56-28-27-54(49(56)61)31-39-24-26-52-43-16-7-6-13-41(39)43)18-21-38(29-35-11-4-3-5-12-35)45(58)32-55(53-48(60)40-14-10-17-44(57)34(40)2)30-36-19-22-37(23-20-36)42-15-8-9-25-51-42/h3-17,19-20,22-26,33,38,45-46,57-58H,18,21,27-32H2,1-2H3,(H2,50,59)(H,53,60)/t33?,38-,45+,46?/m0/s1. The van der Waals surface area contributed by atoms with Crippen LogP contribution < -0.4 is 11.2 Å². The number of nitrogens with one attached hydrogen (secondary N) is 1. The highest BCUT2D eigenvalue weighted by Gasteiger charge is 2.39. The molecule has 7 rings (SSSR count). The van der Waals surface area contributed by atoms with E-state index in [0.29, 0.717) is 50.0 Å². The van der Waals surface area contributed by atoms with E-state index >= 15 is 0 Å². The molecular formula is C49H53N7O5. The number of urea groups is 1. The summed E-state index contributed by atoms with van der Waals surface area (Å²) in [5, 5.41) is 25.2. The Morgan fingerprint density at radius 2 is 1.59 bits per heavy atom. The van der Waals surface area contributed by atoms with Crippen molar-refractivity contribution in [3.8, 4) is 17.0 Å². The van der Waals surface area contributed by atoms with Crippen LogP contribution in [0.4, 0.5) is 4.79 Å². The van der Waals surface area contributed by atoms with Crippen LogP contribution in [0.5, 0.6) is 5.75 Å². The number of aliphatic hydroxyl groups excluding tert-OH is 1. The quantitative estimate of drug-likeness (QED) is 0.0682. The molecule has 4 amide bonds. The topological polar surface area (TPSA) is 165 Å². The first-order chi connectivity index (χ1) is 29.5. The Hall–Kier alpha value is -6.63. The van der Waals surface area contributed by atoms with Gasteiger partial charge in [0.1, 0.15) is 11.8 Å². The van der Waals surface area contributed by atoms with Crippen molar-refractivity contribution in [2.24, 2.45) is 17.6 Å². The number of hydrogen-bond acceptors (Lipinski definition) is 8. The molecule has 4 atom stereocenters. The Bertz CT molecular complexity index is 2430. The molecule has 0 saturated carbocycles. The molecule has 1 saturated heterocycles. The van der Waals surface area contributed by atoms with E-state index in [1.165, 1.54) is 6.07 Å². The molecule has 0 bridgehead atoms. The molecule has 0 aliphatic carbocycles. The number of aromatic hydroxyl groups is 1. The average Bonchev–Trinajstić information content (AvgIpc) is 3.62. The number of nitrogens with two attached hydrogens (primary N) is 1. The Kier molecular flexibility index (Phi) is 13.7. The molecular weight excluding hydrogens is 767 g/mol. The van der Waals surface area contributed by atoms with E-state index in [1.54, 1.807) is 46.3 Å². The van der Waals surface area contributed by atoms with Crippen LogP contribution in [-0.4, -0.2) is 84.6 Å². The second kappa shape index (κ2) is 19.6. The van der Waals surface area contributed by atoms with Crippen molar-refractivity contribution in [1.82, 2.24) is 30.2 Å². The maximum Gasteiger partial charge on any atom is 0.321 e. The molecule has 2 unspecified atom stereocenters. The predicted octanol–water partition coefficient (Wildman–Crippen LogP) is 6.89. The summed E-state index contributed by atoms with van der Waals surface area (Å²) in [4.78, 5) is 53.1. The molecule has 3 heterocycles. The number of fused-ring (bicyclic) bond motifs is 1. The molecule has 2 aromatic heterocycles. The van der Waals surface area contributed by atoms with E-state index in [0.717, 1.165) is 38.9 Å². The smallest absolute Gasteiger partial charge is 0.321 e. The minimum absolute atomic E-state index is 0.0151. The molecule has 61 heavy (non-hydrogen) atoms. The fourth-order valence-electron chi connectivity index (χ4n) is 8.36. The normalized spacial score (nSPS) is 14.9. The van der Waals surface area contributed by atoms with Crippen molar-refractivity contribution in [2.75, 3.05) is 19.6 Å². The minimum atomic E-state index is -0.920. The van der Waals surface area contributed by atoms with Gasteiger partial charge in [0.05, 0.1) is 17.3 Å². The maximum atomic E-state index is 13.9. The first kappa shape index (κ1) is 42.5. The van der Waals surface area contributed by atoms with E-state index in [9.17, 15) is 24.6 Å². The molecule has 0 spiro atoms. The number of hydrogen-bond donors (Lipinski definition) is 4. The van der Waals surface area contributed by atoms with Crippen LogP contribution in [-0.2, 0) is 24.3 Å². The van der Waals surface area contributed by atoms with Gasteiger partial charge in [0.15, 0.2) is 0 Å². The van der Waals surface area contributed by atoms with E-state index in [4.69, 9.17) is 5.73 Å². The number of para-hydroxylation sites is 1. The summed E-state index contributed by atoms with van der Waals surface area (Å²) in [6.45, 7) is 5.20. The SMILES string of the molecule is Cc1c(O)cccc1C(=O)NN(Cc1ccc(-c2ccccn2)cc1)C[C@@H](O)[C@@H](CCC(C)C(C(N)=O)N1CCN(Cc2ccnc3ccccc23)C1=O)Cc1ccccc1. The van der Waals surface area contributed by atoms with Gasteiger partial charge in [0.25, 0.3) is 5.91 Å². The Labute approximate surface area is 356 Å². The van der Waals surface area contributed by atoms with Crippen LogP contribution in [0.3, 0.4) is 0 Å². The lowest BCUT2D eigenvalue weighted by molar-refractivity contribution is -0.123. The molecule has 1 aliphatic rings. The highest BCUT2D eigenvalue weighted by atomic mass is 16.3. The summed E-state index contributed by atoms with van der Waals surface area (Å²) >= 11 is 0. The third-order valence-corrected chi connectivity index (χ3v) is 11.8. The lowest BCUT2D eigenvalue weighted by atomic mass is 9.85. The summed E-state index contributed by atoms with van der Waals surface area (Å²) in [7, 11) is 0. The van der Waals surface area contributed by atoms with Crippen LogP contribution in [0.1, 0.15) is 52.4 Å². The van der Waals surface area contributed by atoms with Gasteiger partial charge >= 0.3 is 6.03 Å². The van der Waals surface area contributed by atoms with Crippen LogP contribution in [0, 0.1) is 18.8 Å². The summed E-state index contributed by atoms with van der Waals surface area (Å²) in [6, 6.07) is 37.0. The Balaban J connectivity index is 1.08. The monoisotopic (exact) mass is 819 g/mol. The third kappa shape index (κ3) is 10.4.